The van der Waals surface area contributed by atoms with Crippen LogP contribution in [0, 0.1) is 5.92 Å². The topological polar surface area (TPSA) is 79.3 Å². The molecule has 98 valence electrons. The molecule has 0 aromatic carbocycles. The molecular formula is C12H16N2O3S. The Hall–Kier alpha value is -1.43. The number of rotatable bonds is 4. The zero-order valence-corrected chi connectivity index (χ0v) is 11.2. The fourth-order valence-corrected chi connectivity index (χ4v) is 3.21. The first-order valence-electron chi connectivity index (χ1n) is 5.99. The molecule has 0 radical (unpaired) electrons. The van der Waals surface area contributed by atoms with E-state index in [0.29, 0.717) is 17.1 Å². The van der Waals surface area contributed by atoms with Gasteiger partial charge in [0.1, 0.15) is 4.88 Å². The van der Waals surface area contributed by atoms with Crippen molar-refractivity contribution >= 4 is 28.2 Å². The molecule has 0 spiro atoms. The average molecular weight is 268 g/mol. The SMILES string of the molecule is CC(=O)c1sc(NC2CCC(C)C2)nc1C(=O)O. The van der Waals surface area contributed by atoms with E-state index < -0.39 is 5.97 Å². The number of Topliss-reactive ketones (excluding diaryl/α,β-unsaturated/α-hetero) is 1. The highest BCUT2D eigenvalue weighted by Gasteiger charge is 2.25. The van der Waals surface area contributed by atoms with Crippen LogP contribution in [0.1, 0.15) is 53.3 Å². The lowest BCUT2D eigenvalue weighted by Gasteiger charge is -2.10. The van der Waals surface area contributed by atoms with Gasteiger partial charge in [-0.3, -0.25) is 4.79 Å². The van der Waals surface area contributed by atoms with Gasteiger partial charge in [-0.05, 0) is 25.2 Å². The molecule has 2 rings (SSSR count). The second-order valence-corrected chi connectivity index (χ2v) is 5.82. The molecule has 1 aromatic rings. The molecule has 1 aliphatic carbocycles. The predicted molar refractivity (Wildman–Crippen MR) is 69.5 cm³/mol. The summed E-state index contributed by atoms with van der Waals surface area (Å²) in [6.45, 7) is 3.56. The number of hydrogen-bond donors (Lipinski definition) is 2. The molecule has 0 saturated heterocycles. The maximum Gasteiger partial charge on any atom is 0.356 e. The van der Waals surface area contributed by atoms with Crippen LogP contribution in [-0.2, 0) is 0 Å². The lowest BCUT2D eigenvalue weighted by Crippen LogP contribution is -2.15. The number of carboxylic acids is 1. The highest BCUT2D eigenvalue weighted by atomic mass is 32.1. The van der Waals surface area contributed by atoms with Crippen molar-refractivity contribution in [2.24, 2.45) is 5.92 Å². The number of nitrogens with one attached hydrogen (secondary N) is 1. The number of aromatic nitrogens is 1. The van der Waals surface area contributed by atoms with Gasteiger partial charge in [0.2, 0.25) is 0 Å². The molecule has 18 heavy (non-hydrogen) atoms. The van der Waals surface area contributed by atoms with Gasteiger partial charge in [0, 0.05) is 13.0 Å². The normalized spacial score (nSPS) is 23.0. The van der Waals surface area contributed by atoms with Gasteiger partial charge in [-0.2, -0.15) is 0 Å². The van der Waals surface area contributed by atoms with Crippen molar-refractivity contribution in [3.8, 4) is 0 Å². The van der Waals surface area contributed by atoms with Crippen molar-refractivity contribution in [2.45, 2.75) is 39.2 Å². The number of nitrogens with zero attached hydrogens (tertiary/aromatic N) is 1. The minimum Gasteiger partial charge on any atom is -0.476 e. The molecule has 0 bridgehead atoms. The number of hydrogen-bond acceptors (Lipinski definition) is 5. The molecule has 2 N–H and O–H groups in total. The smallest absolute Gasteiger partial charge is 0.356 e. The first kappa shape index (κ1) is 13.0. The number of anilines is 1. The summed E-state index contributed by atoms with van der Waals surface area (Å²) in [6.07, 6.45) is 3.31. The van der Waals surface area contributed by atoms with E-state index in [1.807, 2.05) is 0 Å². The van der Waals surface area contributed by atoms with Gasteiger partial charge >= 0.3 is 5.97 Å². The molecule has 0 amide bonds. The van der Waals surface area contributed by atoms with Gasteiger partial charge in [0.05, 0.1) is 0 Å². The molecule has 0 aliphatic heterocycles. The Morgan fingerprint density at radius 1 is 1.44 bits per heavy atom. The number of thiazole rings is 1. The van der Waals surface area contributed by atoms with Crippen molar-refractivity contribution in [2.75, 3.05) is 5.32 Å². The standard InChI is InChI=1S/C12H16N2O3S/c1-6-3-4-8(5-6)13-12-14-9(11(16)17)10(18-12)7(2)15/h6,8H,3-5H2,1-2H3,(H,13,14)(H,16,17). The zero-order valence-electron chi connectivity index (χ0n) is 10.4. The van der Waals surface area contributed by atoms with Crippen LogP contribution in [0.25, 0.3) is 0 Å². The van der Waals surface area contributed by atoms with E-state index in [1.165, 1.54) is 13.3 Å². The second kappa shape index (κ2) is 5.06. The maximum absolute atomic E-state index is 11.4. The molecule has 1 aliphatic rings. The minimum atomic E-state index is -1.15. The van der Waals surface area contributed by atoms with Crippen LogP contribution >= 0.6 is 11.3 Å². The molecule has 2 atom stereocenters. The lowest BCUT2D eigenvalue weighted by atomic mass is 10.1. The Bertz CT molecular complexity index is 452. The van der Waals surface area contributed by atoms with Crippen LogP contribution in [0.2, 0.25) is 0 Å². The first-order chi connectivity index (χ1) is 8.47. The monoisotopic (exact) mass is 268 g/mol. The Labute approximate surface area is 109 Å². The number of aromatic carboxylic acids is 1. The third-order valence-electron chi connectivity index (χ3n) is 3.17. The van der Waals surface area contributed by atoms with Crippen LogP contribution < -0.4 is 5.32 Å². The predicted octanol–water partition coefficient (Wildman–Crippen LogP) is 2.64. The lowest BCUT2D eigenvalue weighted by molar-refractivity contribution is 0.0687. The number of carbonyl (C=O) groups is 2. The van der Waals surface area contributed by atoms with Gasteiger partial charge in [-0.25, -0.2) is 9.78 Å². The quantitative estimate of drug-likeness (QED) is 0.821. The van der Waals surface area contributed by atoms with E-state index in [-0.39, 0.29) is 16.4 Å². The Morgan fingerprint density at radius 3 is 2.61 bits per heavy atom. The molecule has 1 aromatic heterocycles. The van der Waals surface area contributed by atoms with Gasteiger partial charge in [0.25, 0.3) is 0 Å². The average Bonchev–Trinajstić information content (AvgIpc) is 2.85. The number of carbonyl (C=O) groups excluding carboxylic acids is 1. The summed E-state index contributed by atoms with van der Waals surface area (Å²) >= 11 is 1.13. The Balaban J connectivity index is 2.16. The summed E-state index contributed by atoms with van der Waals surface area (Å²) in [4.78, 5) is 26.6. The van der Waals surface area contributed by atoms with Gasteiger partial charge in [-0.1, -0.05) is 18.3 Å². The van der Waals surface area contributed by atoms with Crippen molar-refractivity contribution in [3.63, 3.8) is 0 Å². The third kappa shape index (κ3) is 2.69. The fourth-order valence-electron chi connectivity index (χ4n) is 2.28. The summed E-state index contributed by atoms with van der Waals surface area (Å²) in [5.41, 5.74) is -0.138. The Morgan fingerprint density at radius 2 is 2.17 bits per heavy atom. The summed E-state index contributed by atoms with van der Waals surface area (Å²) < 4.78 is 0. The van der Waals surface area contributed by atoms with Crippen LogP contribution in [-0.4, -0.2) is 27.9 Å². The van der Waals surface area contributed by atoms with Gasteiger partial charge in [0.15, 0.2) is 16.6 Å². The van der Waals surface area contributed by atoms with Crippen LogP contribution in [0.5, 0.6) is 0 Å². The molecule has 5 nitrogen and oxygen atoms in total. The van der Waals surface area contributed by atoms with Crippen molar-refractivity contribution in [3.05, 3.63) is 10.6 Å². The summed E-state index contributed by atoms with van der Waals surface area (Å²) in [7, 11) is 0. The van der Waals surface area contributed by atoms with E-state index in [4.69, 9.17) is 5.11 Å². The molecule has 2 unspecified atom stereocenters. The van der Waals surface area contributed by atoms with E-state index in [0.717, 1.165) is 24.2 Å². The minimum absolute atomic E-state index is 0.138. The van der Waals surface area contributed by atoms with Gasteiger partial charge < -0.3 is 10.4 Å². The number of carboxylic acid groups (broad SMARTS) is 1. The maximum atomic E-state index is 11.4. The summed E-state index contributed by atoms with van der Waals surface area (Å²) in [5, 5.41) is 12.8. The molecule has 1 heterocycles. The number of ketones is 1. The molecular weight excluding hydrogens is 252 g/mol. The molecule has 1 fully saturated rings. The van der Waals surface area contributed by atoms with Crippen molar-refractivity contribution in [1.29, 1.82) is 0 Å². The summed E-state index contributed by atoms with van der Waals surface area (Å²) in [5.74, 6) is -0.712. The highest BCUT2D eigenvalue weighted by molar-refractivity contribution is 7.17. The van der Waals surface area contributed by atoms with Crippen molar-refractivity contribution in [1.82, 2.24) is 4.98 Å². The van der Waals surface area contributed by atoms with Gasteiger partial charge in [-0.15, -0.1) is 0 Å². The van der Waals surface area contributed by atoms with E-state index in [2.05, 4.69) is 17.2 Å². The van der Waals surface area contributed by atoms with E-state index in [9.17, 15) is 9.59 Å². The Kier molecular flexibility index (Phi) is 3.65. The first-order valence-corrected chi connectivity index (χ1v) is 6.80. The van der Waals surface area contributed by atoms with E-state index >= 15 is 0 Å². The summed E-state index contributed by atoms with van der Waals surface area (Å²) in [6, 6.07) is 0.340. The van der Waals surface area contributed by atoms with Crippen molar-refractivity contribution < 1.29 is 14.7 Å². The van der Waals surface area contributed by atoms with Crippen LogP contribution in [0.15, 0.2) is 0 Å². The van der Waals surface area contributed by atoms with Crippen LogP contribution in [0.3, 0.4) is 0 Å². The highest BCUT2D eigenvalue weighted by Crippen LogP contribution is 2.30. The van der Waals surface area contributed by atoms with Crippen LogP contribution in [0.4, 0.5) is 5.13 Å². The van der Waals surface area contributed by atoms with E-state index in [1.54, 1.807) is 0 Å². The fraction of sp³-hybridized carbons (Fsp3) is 0.583. The molecule has 1 saturated carbocycles. The largest absolute Gasteiger partial charge is 0.476 e. The zero-order chi connectivity index (χ0) is 13.3. The third-order valence-corrected chi connectivity index (χ3v) is 4.26. The molecule has 6 heteroatoms. The second-order valence-electron chi connectivity index (χ2n) is 4.82.